The van der Waals surface area contributed by atoms with E-state index >= 15 is 0 Å². The maximum Gasteiger partial charge on any atom is 0.310 e. The topological polar surface area (TPSA) is 49.3 Å². The van der Waals surface area contributed by atoms with Crippen LogP contribution in [0.25, 0.3) is 0 Å². The van der Waals surface area contributed by atoms with E-state index < -0.39 is 5.97 Å². The first-order chi connectivity index (χ1) is 4.30. The maximum atomic E-state index is 10.3. The molecule has 0 aromatic carbocycles. The molecule has 0 atom stereocenters. The Labute approximate surface area is 54.1 Å². The first-order valence-corrected chi connectivity index (χ1v) is 3.09. The SMILES string of the molecule is O=C(O)[C]1CCNCC1. The van der Waals surface area contributed by atoms with Crippen molar-refractivity contribution >= 4 is 5.97 Å². The number of carboxylic acid groups (broad SMARTS) is 1. The van der Waals surface area contributed by atoms with Crippen LogP contribution in [0.1, 0.15) is 12.8 Å². The van der Waals surface area contributed by atoms with Crippen LogP contribution in [0.15, 0.2) is 0 Å². The normalized spacial score (nSPS) is 21.8. The highest BCUT2D eigenvalue weighted by atomic mass is 16.4. The Kier molecular flexibility index (Phi) is 2.05. The summed E-state index contributed by atoms with van der Waals surface area (Å²) in [5.74, 6) is -0.0646. The molecule has 1 heterocycles. The Morgan fingerprint density at radius 3 is 2.33 bits per heavy atom. The minimum atomic E-state index is -0.725. The lowest BCUT2D eigenvalue weighted by Gasteiger charge is -2.17. The van der Waals surface area contributed by atoms with Crippen molar-refractivity contribution in [3.8, 4) is 0 Å². The van der Waals surface area contributed by atoms with Crippen LogP contribution in [0, 0.1) is 5.92 Å². The molecular weight excluding hydrogens is 118 g/mol. The van der Waals surface area contributed by atoms with Gasteiger partial charge < -0.3 is 10.4 Å². The number of hydrogen-bond donors (Lipinski definition) is 2. The van der Waals surface area contributed by atoms with Crippen LogP contribution < -0.4 is 5.32 Å². The molecule has 1 aliphatic rings. The second-order valence-corrected chi connectivity index (χ2v) is 2.16. The monoisotopic (exact) mass is 128 g/mol. The first kappa shape index (κ1) is 6.55. The molecule has 9 heavy (non-hydrogen) atoms. The molecular formula is C6H10NO2. The first-order valence-electron chi connectivity index (χ1n) is 3.09. The lowest BCUT2D eigenvalue weighted by atomic mass is 9.99. The van der Waals surface area contributed by atoms with E-state index in [4.69, 9.17) is 5.11 Å². The highest BCUT2D eigenvalue weighted by Crippen LogP contribution is 2.12. The molecule has 3 nitrogen and oxygen atoms in total. The van der Waals surface area contributed by atoms with Crippen molar-refractivity contribution in [1.29, 1.82) is 0 Å². The molecule has 1 rings (SSSR count). The third kappa shape index (κ3) is 1.68. The molecule has 1 saturated heterocycles. The van der Waals surface area contributed by atoms with Crippen LogP contribution in [-0.2, 0) is 4.79 Å². The van der Waals surface area contributed by atoms with E-state index in [0.29, 0.717) is 18.8 Å². The van der Waals surface area contributed by atoms with Gasteiger partial charge in [0.15, 0.2) is 0 Å². The quantitative estimate of drug-likeness (QED) is 0.523. The molecule has 0 spiro atoms. The van der Waals surface area contributed by atoms with E-state index in [1.165, 1.54) is 0 Å². The molecule has 1 aliphatic heterocycles. The van der Waals surface area contributed by atoms with Gasteiger partial charge in [0.25, 0.3) is 0 Å². The van der Waals surface area contributed by atoms with Gasteiger partial charge in [-0.3, -0.25) is 4.79 Å². The zero-order valence-corrected chi connectivity index (χ0v) is 5.18. The molecule has 51 valence electrons. The lowest BCUT2D eigenvalue weighted by Crippen LogP contribution is -2.30. The highest BCUT2D eigenvalue weighted by Gasteiger charge is 2.19. The largest absolute Gasteiger partial charge is 0.481 e. The molecule has 0 saturated carbocycles. The van der Waals surface area contributed by atoms with Gasteiger partial charge in [0.05, 0.1) is 5.92 Å². The fraction of sp³-hybridized carbons (Fsp3) is 0.667. The number of hydrogen-bond acceptors (Lipinski definition) is 2. The van der Waals surface area contributed by atoms with Crippen LogP contribution in [-0.4, -0.2) is 24.2 Å². The van der Waals surface area contributed by atoms with E-state index in [1.807, 2.05) is 0 Å². The Hall–Kier alpha value is -0.570. The van der Waals surface area contributed by atoms with Gasteiger partial charge in [-0.15, -0.1) is 0 Å². The van der Waals surface area contributed by atoms with Crippen molar-refractivity contribution in [2.24, 2.45) is 0 Å². The third-order valence-corrected chi connectivity index (χ3v) is 1.51. The number of carboxylic acids is 1. The van der Waals surface area contributed by atoms with Gasteiger partial charge >= 0.3 is 5.97 Å². The van der Waals surface area contributed by atoms with Crippen LogP contribution in [0.3, 0.4) is 0 Å². The maximum absolute atomic E-state index is 10.3. The summed E-state index contributed by atoms with van der Waals surface area (Å²) in [7, 11) is 0. The summed E-state index contributed by atoms with van der Waals surface area (Å²) in [6, 6.07) is 0. The Bertz CT molecular complexity index is 108. The average molecular weight is 128 g/mol. The van der Waals surface area contributed by atoms with Crippen molar-refractivity contribution in [2.45, 2.75) is 12.8 Å². The Morgan fingerprint density at radius 2 is 2.00 bits per heavy atom. The summed E-state index contributed by atoms with van der Waals surface area (Å²) in [6.07, 6.45) is 1.41. The van der Waals surface area contributed by atoms with Crippen molar-refractivity contribution in [1.82, 2.24) is 5.32 Å². The highest BCUT2D eigenvalue weighted by molar-refractivity contribution is 5.82. The average Bonchev–Trinajstić information content (AvgIpc) is 1.90. The van der Waals surface area contributed by atoms with Gasteiger partial charge in [-0.2, -0.15) is 0 Å². The Morgan fingerprint density at radius 1 is 1.44 bits per heavy atom. The van der Waals surface area contributed by atoms with E-state index in [-0.39, 0.29) is 0 Å². The zero-order chi connectivity index (χ0) is 6.69. The molecule has 0 aromatic heterocycles. The smallest absolute Gasteiger partial charge is 0.310 e. The summed E-state index contributed by atoms with van der Waals surface area (Å²) < 4.78 is 0. The molecule has 2 N–H and O–H groups in total. The number of carbonyl (C=O) groups is 1. The van der Waals surface area contributed by atoms with Crippen molar-refractivity contribution in [2.75, 3.05) is 13.1 Å². The minimum Gasteiger partial charge on any atom is -0.481 e. The van der Waals surface area contributed by atoms with Crippen LogP contribution in [0.5, 0.6) is 0 Å². The molecule has 0 amide bonds. The van der Waals surface area contributed by atoms with Gasteiger partial charge in [0, 0.05) is 0 Å². The molecule has 0 aliphatic carbocycles. The number of nitrogens with one attached hydrogen (secondary N) is 1. The second kappa shape index (κ2) is 2.82. The van der Waals surface area contributed by atoms with Gasteiger partial charge in [0.1, 0.15) is 0 Å². The standard InChI is InChI=1S/C6H10NO2/c8-6(9)5-1-3-7-4-2-5/h7H,1-4H2,(H,8,9). The van der Waals surface area contributed by atoms with Gasteiger partial charge in [-0.1, -0.05) is 0 Å². The molecule has 3 heteroatoms. The van der Waals surface area contributed by atoms with E-state index in [0.717, 1.165) is 13.1 Å². The van der Waals surface area contributed by atoms with Gasteiger partial charge in [-0.25, -0.2) is 0 Å². The van der Waals surface area contributed by atoms with Crippen LogP contribution in [0.4, 0.5) is 0 Å². The number of piperidine rings is 1. The zero-order valence-electron chi connectivity index (χ0n) is 5.18. The predicted octanol–water partition coefficient (Wildman–Crippen LogP) is 0.0289. The number of rotatable bonds is 1. The summed E-state index contributed by atoms with van der Waals surface area (Å²) in [6.45, 7) is 1.64. The lowest BCUT2D eigenvalue weighted by molar-refractivity contribution is -0.135. The fourth-order valence-corrected chi connectivity index (χ4v) is 0.942. The summed E-state index contributed by atoms with van der Waals surface area (Å²) >= 11 is 0. The molecule has 0 aromatic rings. The molecule has 1 fully saturated rings. The third-order valence-electron chi connectivity index (χ3n) is 1.51. The minimum absolute atomic E-state index is 0.661. The molecule has 0 unspecified atom stereocenters. The van der Waals surface area contributed by atoms with Crippen molar-refractivity contribution in [3.05, 3.63) is 5.92 Å². The van der Waals surface area contributed by atoms with Crippen molar-refractivity contribution in [3.63, 3.8) is 0 Å². The fourth-order valence-electron chi connectivity index (χ4n) is 0.942. The Balaban J connectivity index is 2.31. The van der Waals surface area contributed by atoms with Crippen LogP contribution >= 0.6 is 0 Å². The van der Waals surface area contributed by atoms with E-state index in [9.17, 15) is 4.79 Å². The second-order valence-electron chi connectivity index (χ2n) is 2.16. The molecule has 1 radical (unpaired) electrons. The van der Waals surface area contributed by atoms with E-state index in [2.05, 4.69) is 5.32 Å². The summed E-state index contributed by atoms with van der Waals surface area (Å²) in [5, 5.41) is 11.6. The number of aliphatic carboxylic acids is 1. The van der Waals surface area contributed by atoms with Crippen molar-refractivity contribution < 1.29 is 9.90 Å². The molecule has 0 bridgehead atoms. The van der Waals surface area contributed by atoms with Gasteiger partial charge in [0.2, 0.25) is 0 Å². The predicted molar refractivity (Wildman–Crippen MR) is 33.0 cm³/mol. The van der Waals surface area contributed by atoms with Gasteiger partial charge in [-0.05, 0) is 25.9 Å². The summed E-state index contributed by atoms with van der Waals surface area (Å²) in [4.78, 5) is 10.3. The van der Waals surface area contributed by atoms with Crippen LogP contribution in [0.2, 0.25) is 0 Å². The summed E-state index contributed by atoms with van der Waals surface area (Å²) in [5.41, 5.74) is 0. The van der Waals surface area contributed by atoms with E-state index in [1.54, 1.807) is 0 Å².